The molecule has 0 fully saturated rings. The van der Waals surface area contributed by atoms with Crippen molar-refractivity contribution in [3.05, 3.63) is 75.1 Å². The van der Waals surface area contributed by atoms with Gasteiger partial charge in [-0.1, -0.05) is 49.0 Å². The molecule has 1 aliphatic rings. The molecule has 0 unspecified atom stereocenters. The number of hydrogen-bond donors (Lipinski definition) is 1. The third-order valence-electron chi connectivity index (χ3n) is 5.97. The van der Waals surface area contributed by atoms with Crippen LogP contribution in [0, 0.1) is 6.92 Å². The van der Waals surface area contributed by atoms with Crippen molar-refractivity contribution < 1.29 is 14.3 Å². The molecule has 0 spiro atoms. The molecule has 0 saturated heterocycles. The minimum atomic E-state index is -0.417. The summed E-state index contributed by atoms with van der Waals surface area (Å²) in [6.45, 7) is 4.68. The molecule has 2 aromatic carbocycles. The Hall–Kier alpha value is -3.26. The van der Waals surface area contributed by atoms with Crippen LogP contribution in [-0.4, -0.2) is 29.2 Å². The van der Waals surface area contributed by atoms with Gasteiger partial charge in [0.05, 0.1) is 19.3 Å². The zero-order valence-electron chi connectivity index (χ0n) is 19.9. The molecule has 1 aliphatic heterocycles. The number of carbonyl (C=O) groups is 1. The van der Waals surface area contributed by atoms with Crippen molar-refractivity contribution in [1.82, 2.24) is 9.55 Å². The van der Waals surface area contributed by atoms with Crippen LogP contribution >= 0.6 is 11.8 Å². The second-order valence-corrected chi connectivity index (χ2v) is 9.24. The summed E-state index contributed by atoms with van der Waals surface area (Å²) in [7, 11) is 3.41. The highest BCUT2D eigenvalue weighted by Crippen LogP contribution is 2.39. The number of carbonyl (C=O) groups excluding carboxylic acids is 1. The lowest BCUT2D eigenvalue weighted by Gasteiger charge is -2.28. The Labute approximate surface area is 203 Å². The van der Waals surface area contributed by atoms with Crippen LogP contribution in [0.15, 0.2) is 52.4 Å². The van der Waals surface area contributed by atoms with E-state index in [4.69, 9.17) is 9.47 Å². The molecule has 178 valence electrons. The number of benzene rings is 2. The van der Waals surface area contributed by atoms with E-state index < -0.39 is 5.92 Å². The Balaban J connectivity index is 1.70. The van der Waals surface area contributed by atoms with E-state index in [-0.39, 0.29) is 17.9 Å². The first-order chi connectivity index (χ1) is 16.4. The van der Waals surface area contributed by atoms with Crippen molar-refractivity contribution in [2.75, 3.05) is 19.0 Å². The maximum atomic E-state index is 13.2. The maximum Gasteiger partial charge on any atom is 0.279 e. The van der Waals surface area contributed by atoms with Gasteiger partial charge in [0, 0.05) is 25.1 Å². The molecule has 2 heterocycles. The molecule has 0 aliphatic carbocycles. The van der Waals surface area contributed by atoms with Crippen LogP contribution in [0.5, 0.6) is 11.5 Å². The van der Waals surface area contributed by atoms with Gasteiger partial charge in [-0.05, 0) is 42.2 Å². The number of methoxy groups -OCH3 is 1. The highest BCUT2D eigenvalue weighted by molar-refractivity contribution is 7.98. The molecule has 3 aromatic rings. The smallest absolute Gasteiger partial charge is 0.279 e. The minimum absolute atomic E-state index is 0.140. The topological polar surface area (TPSA) is 82.5 Å². The molecule has 1 amide bonds. The third kappa shape index (κ3) is 4.82. The number of amides is 1. The lowest BCUT2D eigenvalue weighted by molar-refractivity contribution is -0.116. The molecule has 34 heavy (non-hydrogen) atoms. The van der Waals surface area contributed by atoms with Crippen molar-refractivity contribution in [2.24, 2.45) is 7.05 Å². The molecule has 1 atom stereocenters. The van der Waals surface area contributed by atoms with Crippen molar-refractivity contribution >= 4 is 23.5 Å². The number of hydrogen-bond acceptors (Lipinski definition) is 6. The van der Waals surface area contributed by atoms with E-state index >= 15 is 0 Å². The number of thioether (sulfide) groups is 1. The highest BCUT2D eigenvalue weighted by Gasteiger charge is 2.32. The average molecular weight is 480 g/mol. The fourth-order valence-electron chi connectivity index (χ4n) is 4.10. The molecule has 1 aromatic heterocycles. The lowest BCUT2D eigenvalue weighted by Crippen LogP contribution is -2.33. The lowest BCUT2D eigenvalue weighted by atomic mass is 9.86. The van der Waals surface area contributed by atoms with Crippen molar-refractivity contribution in [1.29, 1.82) is 0 Å². The Kier molecular flexibility index (Phi) is 7.26. The Morgan fingerprint density at radius 3 is 2.71 bits per heavy atom. The molecule has 8 heteroatoms. The Morgan fingerprint density at radius 2 is 1.97 bits per heavy atom. The quantitative estimate of drug-likeness (QED) is 0.374. The van der Waals surface area contributed by atoms with Crippen LogP contribution in [0.4, 0.5) is 5.82 Å². The third-order valence-corrected chi connectivity index (χ3v) is 7.05. The van der Waals surface area contributed by atoms with Gasteiger partial charge in [0.25, 0.3) is 5.56 Å². The zero-order valence-corrected chi connectivity index (χ0v) is 20.7. The fourth-order valence-corrected chi connectivity index (χ4v) is 5.14. The molecule has 7 nitrogen and oxygen atoms in total. The summed E-state index contributed by atoms with van der Waals surface area (Å²) in [4.78, 5) is 30.3. The number of fused-ring (bicyclic) bond motifs is 1. The normalized spacial score (nSPS) is 14.9. The van der Waals surface area contributed by atoms with Gasteiger partial charge < -0.3 is 19.4 Å². The number of aryl methyl sites for hydroxylation is 1. The highest BCUT2D eigenvalue weighted by atomic mass is 32.2. The number of aromatic nitrogens is 2. The van der Waals surface area contributed by atoms with Gasteiger partial charge in [0.15, 0.2) is 16.7 Å². The summed E-state index contributed by atoms with van der Waals surface area (Å²) in [6.07, 6.45) is 1.05. The zero-order chi connectivity index (χ0) is 24.2. The van der Waals surface area contributed by atoms with Crippen LogP contribution in [-0.2, 0) is 17.6 Å². The molecule has 0 radical (unpaired) electrons. The molecule has 0 bridgehead atoms. The average Bonchev–Trinajstić information content (AvgIpc) is 2.84. The minimum Gasteiger partial charge on any atom is -0.493 e. The van der Waals surface area contributed by atoms with Crippen LogP contribution in [0.3, 0.4) is 0 Å². The summed E-state index contributed by atoms with van der Waals surface area (Å²) in [6, 6.07) is 13.7. The second kappa shape index (κ2) is 10.3. The van der Waals surface area contributed by atoms with Crippen LogP contribution in [0.2, 0.25) is 0 Å². The SMILES string of the molecule is CCCOc1ccc([C@H]2CC(=O)Nc3c2c(=O)nc(SCc2ccccc2C)n3C)cc1OC. The number of nitrogens with one attached hydrogen (secondary N) is 1. The van der Waals surface area contributed by atoms with E-state index in [1.54, 1.807) is 11.7 Å². The summed E-state index contributed by atoms with van der Waals surface area (Å²) in [5.74, 6) is 1.84. The monoisotopic (exact) mass is 479 g/mol. The fraction of sp³-hybridized carbons (Fsp3) is 0.346. The second-order valence-electron chi connectivity index (χ2n) is 8.30. The van der Waals surface area contributed by atoms with E-state index in [2.05, 4.69) is 29.4 Å². The predicted molar refractivity (Wildman–Crippen MR) is 134 cm³/mol. The predicted octanol–water partition coefficient (Wildman–Crippen LogP) is 4.65. The van der Waals surface area contributed by atoms with Gasteiger partial charge >= 0.3 is 0 Å². The molecule has 4 rings (SSSR count). The van der Waals surface area contributed by atoms with Crippen LogP contribution in [0.25, 0.3) is 0 Å². The van der Waals surface area contributed by atoms with Crippen molar-refractivity contribution in [2.45, 2.75) is 43.5 Å². The number of rotatable bonds is 8. The number of anilines is 1. The Morgan fingerprint density at radius 1 is 1.18 bits per heavy atom. The van der Waals surface area contributed by atoms with E-state index in [0.717, 1.165) is 12.0 Å². The molecule has 0 saturated carbocycles. The van der Waals surface area contributed by atoms with E-state index in [1.807, 2.05) is 44.3 Å². The summed E-state index contributed by atoms with van der Waals surface area (Å²) in [5, 5.41) is 3.47. The van der Waals surface area contributed by atoms with E-state index in [1.165, 1.54) is 22.9 Å². The first-order valence-electron chi connectivity index (χ1n) is 11.3. The first-order valence-corrected chi connectivity index (χ1v) is 12.3. The first kappa shape index (κ1) is 23.9. The molecular formula is C26H29N3O4S. The van der Waals surface area contributed by atoms with Gasteiger partial charge in [-0.25, -0.2) is 0 Å². The van der Waals surface area contributed by atoms with Gasteiger partial charge in [0.2, 0.25) is 5.91 Å². The van der Waals surface area contributed by atoms with Crippen molar-refractivity contribution in [3.63, 3.8) is 0 Å². The maximum absolute atomic E-state index is 13.2. The van der Waals surface area contributed by atoms with E-state index in [9.17, 15) is 9.59 Å². The number of nitrogens with zero attached hydrogens (tertiary/aromatic N) is 2. The van der Waals surface area contributed by atoms with Crippen LogP contribution in [0.1, 0.15) is 47.9 Å². The van der Waals surface area contributed by atoms with Gasteiger partial charge in [-0.3, -0.25) is 9.59 Å². The molecule has 1 N–H and O–H groups in total. The number of ether oxygens (including phenoxy) is 2. The van der Waals surface area contributed by atoms with Crippen molar-refractivity contribution in [3.8, 4) is 11.5 Å². The summed E-state index contributed by atoms with van der Waals surface area (Å²) >= 11 is 1.48. The van der Waals surface area contributed by atoms with Crippen LogP contribution < -0.4 is 20.3 Å². The summed E-state index contributed by atoms with van der Waals surface area (Å²) in [5.41, 5.74) is 3.35. The molecular weight excluding hydrogens is 450 g/mol. The van der Waals surface area contributed by atoms with Gasteiger partial charge in [-0.15, -0.1) is 0 Å². The standard InChI is InChI=1S/C26H29N3O4S/c1-5-12-33-20-11-10-17(13-21(20)32-4)19-14-22(30)27-24-23(19)25(31)28-26(29(24)3)34-15-18-9-7-6-8-16(18)2/h6-11,13,19H,5,12,14-15H2,1-4H3,(H,27,30)/t19-/m1/s1. The van der Waals surface area contributed by atoms with E-state index in [0.29, 0.717) is 40.4 Å². The Bertz CT molecular complexity index is 1270. The summed E-state index contributed by atoms with van der Waals surface area (Å²) < 4.78 is 13.1. The van der Waals surface area contributed by atoms with Gasteiger partial charge in [0.1, 0.15) is 5.82 Å². The largest absolute Gasteiger partial charge is 0.493 e. The van der Waals surface area contributed by atoms with Gasteiger partial charge in [-0.2, -0.15) is 4.98 Å².